The van der Waals surface area contributed by atoms with E-state index in [4.69, 9.17) is 0 Å². The number of aliphatic hydroxyl groups excluding tert-OH is 2. The highest BCUT2D eigenvalue weighted by Crippen LogP contribution is 2.26. The number of aliphatic hydroxyl groups is 2. The summed E-state index contributed by atoms with van der Waals surface area (Å²) in [6.07, 6.45) is -1.58. The molecule has 3 atom stereocenters. The van der Waals surface area contributed by atoms with Crippen LogP contribution in [0.5, 0.6) is 0 Å². The molecular weight excluding hydrogens is 394 g/mol. The molecule has 172 valence electrons. The van der Waals surface area contributed by atoms with Gasteiger partial charge in [-0.1, -0.05) is 50.1 Å². The number of hydrogen-bond donors (Lipinski definition) is 3. The summed E-state index contributed by atoms with van der Waals surface area (Å²) in [6, 6.07) is 6.28. The molecule has 0 aliphatic rings. The second kappa shape index (κ2) is 13.3. The number of carbonyl (C=O) groups is 2. The molecule has 0 heterocycles. The maximum absolute atomic E-state index is 12.6. The zero-order chi connectivity index (χ0) is 23.5. The van der Waals surface area contributed by atoms with Gasteiger partial charge in [0.2, 0.25) is 0 Å². The van der Waals surface area contributed by atoms with Gasteiger partial charge in [-0.2, -0.15) is 0 Å². The summed E-state index contributed by atoms with van der Waals surface area (Å²) in [6.45, 7) is 9.69. The van der Waals surface area contributed by atoms with Crippen LogP contribution in [0.3, 0.4) is 0 Å². The monoisotopic (exact) mass is 430 g/mol. The average Bonchev–Trinajstić information content (AvgIpc) is 2.72. The first-order chi connectivity index (χ1) is 13.9. The number of carbonyl (C=O) groups excluding carboxylic acids is 2. The van der Waals surface area contributed by atoms with Crippen LogP contribution in [-0.4, -0.2) is 59.3 Å². The lowest BCUT2D eigenvalue weighted by Gasteiger charge is -2.26. The van der Waals surface area contributed by atoms with Crippen LogP contribution in [0.2, 0.25) is 0 Å². The molecule has 8 heteroatoms. The fourth-order valence-electron chi connectivity index (χ4n) is 2.46. The van der Waals surface area contributed by atoms with Crippen molar-refractivity contribution in [2.45, 2.75) is 65.6 Å². The molecule has 0 fully saturated rings. The first-order valence-corrected chi connectivity index (χ1v) is 10.2. The molecule has 0 spiro atoms. The highest BCUT2D eigenvalue weighted by molar-refractivity contribution is 5.90. The van der Waals surface area contributed by atoms with Gasteiger partial charge in [-0.3, -0.25) is 9.59 Å². The smallest absolute Gasteiger partial charge is 0.270 e. The molecule has 0 bridgehead atoms. The highest BCUT2D eigenvalue weighted by Gasteiger charge is 2.32. The van der Waals surface area contributed by atoms with Gasteiger partial charge in [-0.05, 0) is 26.2 Å². The van der Waals surface area contributed by atoms with Crippen molar-refractivity contribution in [1.29, 1.82) is 0 Å². The Kier molecular flexibility index (Phi) is 12.4. The van der Waals surface area contributed by atoms with Gasteiger partial charge in [0.15, 0.2) is 12.2 Å². The maximum Gasteiger partial charge on any atom is 0.270 e. The van der Waals surface area contributed by atoms with Gasteiger partial charge in [-0.25, -0.2) is 8.78 Å². The minimum Gasteiger partial charge on any atom is -0.380 e. The van der Waals surface area contributed by atoms with Crippen LogP contribution >= 0.6 is 0 Å². The number of rotatable bonds is 9. The van der Waals surface area contributed by atoms with Gasteiger partial charge in [0.05, 0.1) is 0 Å². The third-order valence-corrected chi connectivity index (χ3v) is 4.91. The topological polar surface area (TPSA) is 89.9 Å². The molecule has 3 N–H and O–H groups in total. The molecule has 3 unspecified atom stereocenters. The Morgan fingerprint density at radius 3 is 2.07 bits per heavy atom. The van der Waals surface area contributed by atoms with Crippen molar-refractivity contribution in [2.24, 2.45) is 5.92 Å². The molecule has 0 saturated heterocycles. The van der Waals surface area contributed by atoms with Crippen molar-refractivity contribution >= 4 is 11.8 Å². The fraction of sp³-hybridized carbons (Fsp3) is 0.636. The summed E-state index contributed by atoms with van der Waals surface area (Å²) in [5.41, 5.74) is 1.07. The lowest BCUT2D eigenvalue weighted by atomic mass is 10.0. The number of hydrogen-bond acceptors (Lipinski definition) is 4. The number of benzene rings is 1. The highest BCUT2D eigenvalue weighted by atomic mass is 19.3. The van der Waals surface area contributed by atoms with Gasteiger partial charge in [0.25, 0.3) is 17.7 Å². The van der Waals surface area contributed by atoms with Crippen molar-refractivity contribution in [3.63, 3.8) is 0 Å². The van der Waals surface area contributed by atoms with Crippen molar-refractivity contribution < 1.29 is 28.6 Å². The van der Waals surface area contributed by atoms with Crippen molar-refractivity contribution in [2.75, 3.05) is 20.1 Å². The Balaban J connectivity index is 0.000000642. The Morgan fingerprint density at radius 1 is 1.13 bits per heavy atom. The Bertz CT molecular complexity index is 648. The molecule has 0 saturated carbocycles. The van der Waals surface area contributed by atoms with Crippen LogP contribution in [0.15, 0.2) is 24.3 Å². The summed E-state index contributed by atoms with van der Waals surface area (Å²) in [5.74, 6) is -3.60. The van der Waals surface area contributed by atoms with Gasteiger partial charge < -0.3 is 20.4 Å². The van der Waals surface area contributed by atoms with Crippen LogP contribution < -0.4 is 5.32 Å². The molecule has 0 aromatic heterocycles. The third-order valence-electron chi connectivity index (χ3n) is 4.91. The molecule has 0 aliphatic heterocycles. The molecule has 1 aromatic rings. The number of nitrogens with zero attached hydrogens (tertiary/aromatic N) is 1. The first-order valence-electron chi connectivity index (χ1n) is 10.2. The predicted octanol–water partition coefficient (Wildman–Crippen LogP) is 2.85. The Hall–Kier alpha value is -2.06. The van der Waals surface area contributed by atoms with E-state index in [0.29, 0.717) is 19.0 Å². The van der Waals surface area contributed by atoms with E-state index in [1.807, 2.05) is 6.92 Å². The first kappa shape index (κ1) is 27.9. The second-order valence-corrected chi connectivity index (χ2v) is 7.48. The van der Waals surface area contributed by atoms with E-state index in [2.05, 4.69) is 19.2 Å². The van der Waals surface area contributed by atoms with E-state index in [1.165, 1.54) is 24.1 Å². The molecule has 0 radical (unpaired) electrons. The van der Waals surface area contributed by atoms with Gasteiger partial charge in [0.1, 0.15) is 0 Å². The molecular formula is C22H36F2N2O4. The van der Waals surface area contributed by atoms with Crippen molar-refractivity contribution in [1.82, 2.24) is 10.2 Å². The number of aryl methyl sites for hydroxylation is 1. The zero-order valence-corrected chi connectivity index (χ0v) is 18.8. The maximum atomic E-state index is 12.6. The number of nitrogens with one attached hydrogen (secondary N) is 1. The Labute approximate surface area is 178 Å². The van der Waals surface area contributed by atoms with E-state index >= 15 is 0 Å². The van der Waals surface area contributed by atoms with Gasteiger partial charge in [-0.15, -0.1) is 0 Å². The van der Waals surface area contributed by atoms with Gasteiger partial charge >= 0.3 is 0 Å². The SMILES string of the molecule is CCC(C)CCN(CC)C(=O)C(O)C(O)C(=O)NC.Cc1ccc(C(C)(F)F)cc1. The summed E-state index contributed by atoms with van der Waals surface area (Å²) >= 11 is 0. The minimum atomic E-state index is -2.71. The lowest BCUT2D eigenvalue weighted by molar-refractivity contribution is -0.152. The van der Waals surface area contributed by atoms with E-state index in [1.54, 1.807) is 19.1 Å². The van der Waals surface area contributed by atoms with Crippen LogP contribution in [-0.2, 0) is 15.5 Å². The molecule has 1 rings (SSSR count). The second-order valence-electron chi connectivity index (χ2n) is 7.48. The molecule has 0 aliphatic carbocycles. The fourth-order valence-corrected chi connectivity index (χ4v) is 2.46. The largest absolute Gasteiger partial charge is 0.380 e. The van der Waals surface area contributed by atoms with Crippen LogP contribution in [0, 0.1) is 12.8 Å². The Morgan fingerprint density at radius 2 is 1.67 bits per heavy atom. The van der Waals surface area contributed by atoms with Crippen molar-refractivity contribution in [3.8, 4) is 0 Å². The van der Waals surface area contributed by atoms with Gasteiger partial charge in [0, 0.05) is 32.6 Å². The normalized spacial score (nSPS) is 14.1. The van der Waals surface area contributed by atoms with E-state index < -0.39 is 29.9 Å². The van der Waals surface area contributed by atoms with Crippen LogP contribution in [0.4, 0.5) is 8.78 Å². The standard InChI is InChI=1S/C13H26N2O4.C9H10F2/c1-5-9(3)7-8-15(6-2)13(19)11(17)10(16)12(18)14-4;1-7-3-5-8(6-4-7)9(2,10)11/h9-11,16-17H,5-8H2,1-4H3,(H,14,18);3-6H,1-2H3. The molecule has 6 nitrogen and oxygen atoms in total. The summed E-state index contributed by atoms with van der Waals surface area (Å²) in [4.78, 5) is 24.6. The minimum absolute atomic E-state index is 0.0723. The molecule has 2 amide bonds. The summed E-state index contributed by atoms with van der Waals surface area (Å²) in [5, 5.41) is 21.4. The summed E-state index contributed by atoms with van der Waals surface area (Å²) in [7, 11) is 1.34. The molecule has 30 heavy (non-hydrogen) atoms. The van der Waals surface area contributed by atoms with Crippen molar-refractivity contribution in [3.05, 3.63) is 35.4 Å². The van der Waals surface area contributed by atoms with Crippen LogP contribution in [0.1, 0.15) is 51.7 Å². The zero-order valence-electron chi connectivity index (χ0n) is 18.8. The van der Waals surface area contributed by atoms with E-state index in [-0.39, 0.29) is 5.56 Å². The number of likely N-dealkylation sites (N-methyl/N-ethyl adjacent to an activating group) is 2. The number of halogens is 2. The third kappa shape index (κ3) is 9.63. The van der Waals surface area contributed by atoms with E-state index in [0.717, 1.165) is 25.3 Å². The quantitative estimate of drug-likeness (QED) is 0.562. The van der Waals surface area contributed by atoms with E-state index in [9.17, 15) is 28.6 Å². The predicted molar refractivity (Wildman–Crippen MR) is 113 cm³/mol. The average molecular weight is 431 g/mol. The number of alkyl halides is 2. The molecule has 1 aromatic carbocycles. The number of amides is 2. The lowest BCUT2D eigenvalue weighted by Crippen LogP contribution is -2.50. The van der Waals surface area contributed by atoms with Crippen LogP contribution in [0.25, 0.3) is 0 Å². The summed E-state index contributed by atoms with van der Waals surface area (Å²) < 4.78 is 25.2.